The van der Waals surface area contributed by atoms with Gasteiger partial charge in [0, 0.05) is 34.3 Å². The Morgan fingerprint density at radius 2 is 1.95 bits per heavy atom. The van der Waals surface area contributed by atoms with E-state index in [-0.39, 0.29) is 18.4 Å². The Kier molecular flexibility index (Phi) is 6.49. The van der Waals surface area contributed by atoms with Crippen LogP contribution >= 0.6 is 11.8 Å². The van der Waals surface area contributed by atoms with E-state index >= 15 is 0 Å². The van der Waals surface area contributed by atoms with E-state index in [0.29, 0.717) is 38.8 Å². The molecule has 1 aliphatic heterocycles. The van der Waals surface area contributed by atoms with Crippen LogP contribution in [-0.2, 0) is 11.3 Å². The zero-order chi connectivity index (χ0) is 26.1. The number of anilines is 2. The highest BCUT2D eigenvalue weighted by Crippen LogP contribution is 2.35. The van der Waals surface area contributed by atoms with E-state index in [1.54, 1.807) is 24.1 Å². The maximum atomic E-state index is 13.1. The fraction of sp³-hybridized carbons (Fsp3) is 0.200. The van der Waals surface area contributed by atoms with Crippen molar-refractivity contribution in [2.75, 3.05) is 23.5 Å². The van der Waals surface area contributed by atoms with Gasteiger partial charge in [0.15, 0.2) is 5.65 Å². The average Bonchev–Trinajstić information content (AvgIpc) is 3.09. The van der Waals surface area contributed by atoms with Crippen LogP contribution in [0.15, 0.2) is 47.1 Å². The van der Waals surface area contributed by atoms with E-state index in [9.17, 15) is 14.7 Å². The Morgan fingerprint density at radius 1 is 1.16 bits per heavy atom. The monoisotopic (exact) mass is 517 g/mol. The second kappa shape index (κ2) is 9.90. The fourth-order valence-electron chi connectivity index (χ4n) is 4.12. The van der Waals surface area contributed by atoms with Crippen molar-refractivity contribution in [2.45, 2.75) is 25.4 Å². The molecule has 0 bridgehead atoms. The molecule has 0 unspecified atom stereocenters. The van der Waals surface area contributed by atoms with Gasteiger partial charge in [0.1, 0.15) is 10.8 Å². The quantitative estimate of drug-likeness (QED) is 0.322. The van der Waals surface area contributed by atoms with E-state index < -0.39 is 6.09 Å². The SMILES string of the molecule is COc1c(C)cnc(Cn2nc3c4c(nc(NC(=O)O)nc42)SCC(C(=O)Nc2ccccc2)=C3)c1C. The Balaban J connectivity index is 1.59. The number of carboxylic acid groups (broad SMARTS) is 1. The molecule has 0 fully saturated rings. The third-order valence-corrected chi connectivity index (χ3v) is 6.88. The summed E-state index contributed by atoms with van der Waals surface area (Å²) in [4.78, 5) is 37.8. The van der Waals surface area contributed by atoms with E-state index in [2.05, 4.69) is 25.6 Å². The Labute approximate surface area is 216 Å². The van der Waals surface area contributed by atoms with Gasteiger partial charge in [-0.15, -0.1) is 11.8 Å². The molecule has 37 heavy (non-hydrogen) atoms. The van der Waals surface area contributed by atoms with E-state index in [4.69, 9.17) is 9.84 Å². The summed E-state index contributed by atoms with van der Waals surface area (Å²) in [6.07, 6.45) is 2.18. The van der Waals surface area contributed by atoms with Crippen molar-refractivity contribution in [2.24, 2.45) is 0 Å². The highest BCUT2D eigenvalue weighted by atomic mass is 32.2. The van der Waals surface area contributed by atoms with Crippen LogP contribution in [0.4, 0.5) is 16.4 Å². The number of nitrogens with one attached hydrogen (secondary N) is 2. The summed E-state index contributed by atoms with van der Waals surface area (Å²) in [6.45, 7) is 4.10. The number of hydrogen-bond donors (Lipinski definition) is 3. The van der Waals surface area contributed by atoms with Crippen LogP contribution in [0.25, 0.3) is 17.1 Å². The minimum atomic E-state index is -1.28. The number of carbonyl (C=O) groups excluding carboxylic acids is 1. The summed E-state index contributed by atoms with van der Waals surface area (Å²) in [6, 6.07) is 9.18. The molecule has 1 aromatic carbocycles. The lowest BCUT2D eigenvalue weighted by atomic mass is 10.1. The lowest BCUT2D eigenvalue weighted by molar-refractivity contribution is -0.112. The van der Waals surface area contributed by atoms with Crippen LogP contribution in [0.2, 0.25) is 0 Å². The summed E-state index contributed by atoms with van der Waals surface area (Å²) in [7, 11) is 1.61. The highest BCUT2D eigenvalue weighted by Gasteiger charge is 2.25. The number of aryl methyl sites for hydroxylation is 1. The summed E-state index contributed by atoms with van der Waals surface area (Å²) in [5.74, 6) is 0.732. The first kappa shape index (κ1) is 24.3. The van der Waals surface area contributed by atoms with Gasteiger partial charge in [-0.1, -0.05) is 18.2 Å². The zero-order valence-corrected chi connectivity index (χ0v) is 21.1. The van der Waals surface area contributed by atoms with Crippen molar-refractivity contribution in [1.29, 1.82) is 0 Å². The first-order chi connectivity index (χ1) is 17.8. The van der Waals surface area contributed by atoms with E-state index in [1.807, 2.05) is 44.2 Å². The maximum absolute atomic E-state index is 13.1. The molecule has 11 nitrogen and oxygen atoms in total. The number of nitrogens with zero attached hydrogens (tertiary/aromatic N) is 5. The Bertz CT molecular complexity index is 1570. The standard InChI is InChI=1S/C25H23N7O4S/c1-13-10-26-18(14(2)20(13)36-3)11-32-21-19-17(31-32)9-15(22(33)27-16-7-5-4-6-8-16)12-37-23(19)29-24(28-21)30-25(34)35/h4-10H,11-12H2,1-3H3,(H,27,33)(H,34,35)(H,28,29,30). The molecule has 3 aromatic heterocycles. The highest BCUT2D eigenvalue weighted by molar-refractivity contribution is 7.99. The number of aromatic nitrogens is 5. The number of ether oxygens (including phenoxy) is 1. The molecule has 3 N–H and O–H groups in total. The number of amides is 2. The minimum absolute atomic E-state index is 0.0708. The summed E-state index contributed by atoms with van der Waals surface area (Å²) >= 11 is 1.32. The van der Waals surface area contributed by atoms with Gasteiger partial charge in [-0.2, -0.15) is 10.1 Å². The number of para-hydroxylation sites is 1. The van der Waals surface area contributed by atoms with Gasteiger partial charge in [0.2, 0.25) is 5.95 Å². The topological polar surface area (TPSA) is 144 Å². The predicted octanol–water partition coefficient (Wildman–Crippen LogP) is 4.11. The molecule has 0 spiro atoms. The molecule has 4 heterocycles. The lowest BCUT2D eigenvalue weighted by Crippen LogP contribution is -2.16. The van der Waals surface area contributed by atoms with Crippen LogP contribution < -0.4 is 15.4 Å². The molecule has 1 aliphatic rings. The normalized spacial score (nSPS) is 12.6. The van der Waals surface area contributed by atoms with Gasteiger partial charge < -0.3 is 15.2 Å². The van der Waals surface area contributed by atoms with Gasteiger partial charge >= 0.3 is 6.09 Å². The van der Waals surface area contributed by atoms with Crippen LogP contribution in [0.3, 0.4) is 0 Å². The predicted molar refractivity (Wildman–Crippen MR) is 140 cm³/mol. The summed E-state index contributed by atoms with van der Waals surface area (Å²) in [5.41, 5.74) is 4.63. The van der Waals surface area contributed by atoms with Crippen molar-refractivity contribution in [1.82, 2.24) is 24.7 Å². The third-order valence-electron chi connectivity index (χ3n) is 5.85. The second-order valence-electron chi connectivity index (χ2n) is 8.35. The van der Waals surface area contributed by atoms with Crippen LogP contribution in [0.5, 0.6) is 5.75 Å². The summed E-state index contributed by atoms with van der Waals surface area (Å²) in [5, 5.41) is 20.3. The largest absolute Gasteiger partial charge is 0.496 e. The van der Waals surface area contributed by atoms with Gasteiger partial charge in [-0.3, -0.25) is 15.1 Å². The maximum Gasteiger partial charge on any atom is 0.411 e. The van der Waals surface area contributed by atoms with Crippen LogP contribution in [-0.4, -0.2) is 54.7 Å². The van der Waals surface area contributed by atoms with Crippen LogP contribution in [0, 0.1) is 13.8 Å². The molecule has 0 saturated heterocycles. The number of carbonyl (C=O) groups is 2. The van der Waals surface area contributed by atoms with Gasteiger partial charge in [-0.05, 0) is 32.1 Å². The number of thioether (sulfide) groups is 1. The lowest BCUT2D eigenvalue weighted by Gasteiger charge is -2.13. The molecule has 4 aromatic rings. The summed E-state index contributed by atoms with van der Waals surface area (Å²) < 4.78 is 7.18. The van der Waals surface area contributed by atoms with Crippen molar-refractivity contribution >= 4 is 52.5 Å². The van der Waals surface area contributed by atoms with Crippen molar-refractivity contribution in [3.05, 3.63) is 64.6 Å². The molecule has 0 atom stereocenters. The van der Waals surface area contributed by atoms with Crippen LogP contribution in [0.1, 0.15) is 22.5 Å². The fourth-order valence-corrected chi connectivity index (χ4v) is 5.12. The van der Waals surface area contributed by atoms with E-state index in [1.165, 1.54) is 11.8 Å². The molecule has 188 valence electrons. The first-order valence-electron chi connectivity index (χ1n) is 11.3. The Morgan fingerprint density at radius 3 is 2.68 bits per heavy atom. The molecule has 2 amide bonds. The number of hydrogen-bond acceptors (Lipinski definition) is 8. The van der Waals surface area contributed by atoms with Gasteiger partial charge in [-0.25, -0.2) is 14.5 Å². The smallest absolute Gasteiger partial charge is 0.411 e. The third kappa shape index (κ3) is 4.83. The number of pyridine rings is 1. The minimum Gasteiger partial charge on any atom is -0.496 e. The molecule has 0 aliphatic carbocycles. The average molecular weight is 518 g/mol. The van der Waals surface area contributed by atoms with Crippen molar-refractivity contribution in [3.8, 4) is 5.75 Å². The zero-order valence-electron chi connectivity index (χ0n) is 20.3. The van der Waals surface area contributed by atoms with E-state index in [0.717, 1.165) is 22.6 Å². The molecule has 5 rings (SSSR count). The second-order valence-corrected chi connectivity index (χ2v) is 9.31. The van der Waals surface area contributed by atoms with Crippen molar-refractivity contribution in [3.63, 3.8) is 0 Å². The molecular formula is C25H23N7O4S. The number of rotatable bonds is 6. The molecule has 12 heteroatoms. The first-order valence-corrected chi connectivity index (χ1v) is 12.3. The Hall–Kier alpha value is -4.45. The number of benzene rings is 1. The molecule has 0 saturated carbocycles. The number of methoxy groups -OCH3 is 1. The molecule has 0 radical (unpaired) electrons. The van der Waals surface area contributed by atoms with Crippen molar-refractivity contribution < 1.29 is 19.4 Å². The molecular weight excluding hydrogens is 494 g/mol. The van der Waals surface area contributed by atoms with Gasteiger partial charge in [0.05, 0.1) is 30.4 Å². The van der Waals surface area contributed by atoms with Gasteiger partial charge in [0.25, 0.3) is 5.91 Å².